The second-order valence-corrected chi connectivity index (χ2v) is 10.2. The quantitative estimate of drug-likeness (QED) is 0.376. The van der Waals surface area contributed by atoms with E-state index in [1.165, 1.54) is 18.2 Å². The number of anilines is 1. The van der Waals surface area contributed by atoms with Crippen LogP contribution in [-0.2, 0) is 4.79 Å². The Morgan fingerprint density at radius 1 is 1.25 bits per heavy atom. The van der Waals surface area contributed by atoms with Crippen LogP contribution < -0.4 is 16.4 Å². The first-order valence-electron chi connectivity index (χ1n) is 12.0. The highest BCUT2D eigenvalue weighted by molar-refractivity contribution is 6.35. The summed E-state index contributed by atoms with van der Waals surface area (Å²) in [5, 5.41) is 6.05. The third-order valence-corrected chi connectivity index (χ3v) is 7.46. The molecule has 0 spiro atoms. The Morgan fingerprint density at radius 3 is 2.89 bits per heavy atom. The molecule has 6 nitrogen and oxygen atoms in total. The zero-order chi connectivity index (χ0) is 25.4. The summed E-state index contributed by atoms with van der Waals surface area (Å²) < 4.78 is 19.7. The topological polar surface area (TPSA) is 97.4 Å². The number of carbonyl (C=O) groups is 2. The molecule has 2 amide bonds. The summed E-state index contributed by atoms with van der Waals surface area (Å²) in [5.74, 6) is 0.121. The molecule has 5 rings (SSSR count). The molecule has 2 aromatic carbocycles. The summed E-state index contributed by atoms with van der Waals surface area (Å²) in [7, 11) is 0. The summed E-state index contributed by atoms with van der Waals surface area (Å²) in [5.41, 5.74) is 8.51. The summed E-state index contributed by atoms with van der Waals surface area (Å²) >= 11 is 6.35. The van der Waals surface area contributed by atoms with Gasteiger partial charge in [0.05, 0.1) is 16.2 Å². The van der Waals surface area contributed by atoms with Crippen molar-refractivity contribution >= 4 is 40.8 Å². The Balaban J connectivity index is 1.35. The number of furan rings is 1. The Hall–Kier alpha value is -3.42. The first-order valence-corrected chi connectivity index (χ1v) is 12.4. The van der Waals surface area contributed by atoms with Crippen molar-refractivity contribution in [1.82, 2.24) is 5.32 Å². The molecule has 0 bridgehead atoms. The lowest BCUT2D eigenvalue weighted by molar-refractivity contribution is -0.110. The van der Waals surface area contributed by atoms with Gasteiger partial charge in [-0.3, -0.25) is 9.59 Å². The molecule has 2 heterocycles. The van der Waals surface area contributed by atoms with Gasteiger partial charge in [-0.05, 0) is 80.3 Å². The summed E-state index contributed by atoms with van der Waals surface area (Å²) in [6, 6.07) is 12.7. The minimum atomic E-state index is -0.428. The summed E-state index contributed by atoms with van der Waals surface area (Å²) in [4.78, 5) is 25.4. The van der Waals surface area contributed by atoms with E-state index in [-0.39, 0.29) is 23.3 Å². The first-order chi connectivity index (χ1) is 17.2. The minimum absolute atomic E-state index is 0.212. The van der Waals surface area contributed by atoms with Gasteiger partial charge in [0.2, 0.25) is 0 Å². The molecule has 1 saturated carbocycles. The molecule has 0 radical (unpaired) electrons. The van der Waals surface area contributed by atoms with Crippen LogP contribution in [0.25, 0.3) is 23.0 Å². The van der Waals surface area contributed by atoms with Crippen LogP contribution in [0.2, 0.25) is 5.02 Å². The van der Waals surface area contributed by atoms with E-state index in [1.54, 1.807) is 36.4 Å². The molecule has 36 heavy (non-hydrogen) atoms. The van der Waals surface area contributed by atoms with Gasteiger partial charge < -0.3 is 20.8 Å². The number of carbonyl (C=O) groups excluding carboxylic acids is 2. The van der Waals surface area contributed by atoms with Crippen LogP contribution in [0.1, 0.15) is 54.3 Å². The predicted molar refractivity (Wildman–Crippen MR) is 139 cm³/mol. The SMILES string of the molecule is CC1(N)CCCCC1CNC(=O)c1cc(-c2ccc(/C=C3/C(=O)Nc4ccc(F)cc43)o2)ccc1Cl. The van der Waals surface area contributed by atoms with Crippen molar-refractivity contribution in [3.63, 3.8) is 0 Å². The number of benzene rings is 2. The second kappa shape index (κ2) is 9.56. The molecule has 2 aliphatic rings. The molecule has 0 saturated heterocycles. The van der Waals surface area contributed by atoms with E-state index in [4.69, 9.17) is 21.8 Å². The standard InChI is InChI=1S/C28H27ClFN3O3/c1-28(31)11-3-2-4-17(28)15-32-26(34)22-12-16(5-8-23(22)29)25-10-7-19(36-25)14-21-20-13-18(30)6-9-24(20)33-27(21)35/h5-10,12-14,17H,2-4,11,15,31H2,1H3,(H,32,34)(H,33,35)/b21-14+. The zero-order valence-electron chi connectivity index (χ0n) is 19.9. The molecule has 2 unspecified atom stereocenters. The van der Waals surface area contributed by atoms with Crippen LogP contribution >= 0.6 is 11.6 Å². The monoisotopic (exact) mass is 507 g/mol. The molecule has 186 valence electrons. The van der Waals surface area contributed by atoms with E-state index in [0.717, 1.165) is 25.7 Å². The number of amides is 2. The van der Waals surface area contributed by atoms with Gasteiger partial charge in [0.1, 0.15) is 17.3 Å². The summed E-state index contributed by atoms with van der Waals surface area (Å²) in [6.07, 6.45) is 5.73. The van der Waals surface area contributed by atoms with Crippen molar-refractivity contribution in [3.05, 3.63) is 76.3 Å². The van der Waals surface area contributed by atoms with Crippen LogP contribution in [-0.4, -0.2) is 23.9 Å². The smallest absolute Gasteiger partial charge is 0.256 e. The lowest BCUT2D eigenvalue weighted by Crippen LogP contribution is -2.50. The van der Waals surface area contributed by atoms with Crippen molar-refractivity contribution in [2.24, 2.45) is 11.7 Å². The van der Waals surface area contributed by atoms with Crippen molar-refractivity contribution in [3.8, 4) is 11.3 Å². The van der Waals surface area contributed by atoms with Gasteiger partial charge in [-0.1, -0.05) is 24.4 Å². The highest BCUT2D eigenvalue weighted by atomic mass is 35.5. The molecule has 1 aromatic heterocycles. The Bertz CT molecular complexity index is 1380. The third-order valence-electron chi connectivity index (χ3n) is 7.13. The summed E-state index contributed by atoms with van der Waals surface area (Å²) in [6.45, 7) is 2.54. The lowest BCUT2D eigenvalue weighted by Gasteiger charge is -2.38. The number of hydrogen-bond donors (Lipinski definition) is 3. The van der Waals surface area contributed by atoms with Crippen LogP contribution in [0.3, 0.4) is 0 Å². The van der Waals surface area contributed by atoms with Gasteiger partial charge >= 0.3 is 0 Å². The van der Waals surface area contributed by atoms with Crippen molar-refractivity contribution in [2.45, 2.75) is 38.1 Å². The van der Waals surface area contributed by atoms with Crippen LogP contribution in [0.4, 0.5) is 10.1 Å². The predicted octanol–water partition coefficient (Wildman–Crippen LogP) is 5.87. The first kappa shape index (κ1) is 24.3. The molecule has 1 fully saturated rings. The van der Waals surface area contributed by atoms with E-state index in [1.807, 2.05) is 6.92 Å². The zero-order valence-corrected chi connectivity index (χ0v) is 20.6. The number of rotatable bonds is 5. The second-order valence-electron chi connectivity index (χ2n) is 9.76. The van der Waals surface area contributed by atoms with Crippen LogP contribution in [0.15, 0.2) is 52.9 Å². The molecular formula is C28H27ClFN3O3. The maximum atomic E-state index is 13.7. The van der Waals surface area contributed by atoms with Gasteiger partial charge in [0.25, 0.3) is 11.8 Å². The van der Waals surface area contributed by atoms with Gasteiger partial charge in [0, 0.05) is 28.9 Å². The number of hydrogen-bond acceptors (Lipinski definition) is 4. The number of nitrogens with one attached hydrogen (secondary N) is 2. The highest BCUT2D eigenvalue weighted by Crippen LogP contribution is 2.35. The van der Waals surface area contributed by atoms with Gasteiger partial charge in [-0.25, -0.2) is 4.39 Å². The third kappa shape index (κ3) is 4.81. The molecule has 1 aliphatic carbocycles. The molecule has 3 aromatic rings. The van der Waals surface area contributed by atoms with E-state index < -0.39 is 5.82 Å². The van der Waals surface area contributed by atoms with Gasteiger partial charge in [0.15, 0.2) is 0 Å². The fourth-order valence-corrected chi connectivity index (χ4v) is 5.16. The maximum absolute atomic E-state index is 13.7. The van der Waals surface area contributed by atoms with E-state index >= 15 is 0 Å². The average Bonchev–Trinajstić information content (AvgIpc) is 3.43. The number of nitrogens with two attached hydrogens (primary N) is 1. The van der Waals surface area contributed by atoms with Crippen molar-refractivity contribution in [1.29, 1.82) is 0 Å². The lowest BCUT2D eigenvalue weighted by atomic mass is 9.74. The van der Waals surface area contributed by atoms with E-state index in [9.17, 15) is 14.0 Å². The fourth-order valence-electron chi connectivity index (χ4n) is 4.96. The normalized spacial score (nSPS) is 22.4. The molecule has 1 aliphatic heterocycles. The van der Waals surface area contributed by atoms with Crippen molar-refractivity contribution < 1.29 is 18.4 Å². The van der Waals surface area contributed by atoms with Crippen LogP contribution in [0, 0.1) is 11.7 Å². The largest absolute Gasteiger partial charge is 0.457 e. The Morgan fingerprint density at radius 2 is 2.08 bits per heavy atom. The maximum Gasteiger partial charge on any atom is 0.256 e. The molecule has 8 heteroatoms. The number of fused-ring (bicyclic) bond motifs is 1. The number of halogens is 2. The van der Waals surface area contributed by atoms with E-state index in [0.29, 0.717) is 51.0 Å². The van der Waals surface area contributed by atoms with E-state index in [2.05, 4.69) is 10.6 Å². The van der Waals surface area contributed by atoms with Gasteiger partial charge in [-0.2, -0.15) is 0 Å². The van der Waals surface area contributed by atoms with Crippen LogP contribution in [0.5, 0.6) is 0 Å². The Kier molecular flexibility index (Phi) is 6.45. The van der Waals surface area contributed by atoms with Crippen molar-refractivity contribution in [2.75, 3.05) is 11.9 Å². The average molecular weight is 508 g/mol. The highest BCUT2D eigenvalue weighted by Gasteiger charge is 2.33. The molecular weight excluding hydrogens is 481 g/mol. The molecule has 4 N–H and O–H groups in total. The minimum Gasteiger partial charge on any atom is -0.457 e. The molecule has 2 atom stereocenters. The van der Waals surface area contributed by atoms with Gasteiger partial charge in [-0.15, -0.1) is 0 Å². The Labute approximate surface area is 213 Å². The fraction of sp³-hybridized carbons (Fsp3) is 0.286.